The van der Waals surface area contributed by atoms with Gasteiger partial charge in [-0.3, -0.25) is 0 Å². The van der Waals surface area contributed by atoms with Gasteiger partial charge >= 0.3 is 0 Å². The van der Waals surface area contributed by atoms with Crippen LogP contribution in [0.1, 0.15) is 33.1 Å². The van der Waals surface area contributed by atoms with Crippen molar-refractivity contribution in [3.05, 3.63) is 0 Å². The zero-order valence-electron chi connectivity index (χ0n) is 7.01. The molecule has 0 heterocycles. The molecule has 0 bridgehead atoms. The molecule has 0 saturated heterocycles. The maximum Gasteiger partial charge on any atom is 0.0461 e. The van der Waals surface area contributed by atoms with E-state index in [-0.39, 0.29) is 0 Å². The van der Waals surface area contributed by atoms with Gasteiger partial charge in [-0.2, -0.15) is 0 Å². The van der Waals surface area contributed by atoms with Crippen molar-refractivity contribution in [1.82, 2.24) is 0 Å². The zero-order valence-corrected chi connectivity index (χ0v) is 7.01. The lowest BCUT2D eigenvalue weighted by molar-refractivity contribution is 0.108. The van der Waals surface area contributed by atoms with Crippen LogP contribution in [-0.2, 0) is 0 Å². The van der Waals surface area contributed by atoms with Crippen molar-refractivity contribution in [2.45, 2.75) is 33.1 Å². The zero-order chi connectivity index (χ0) is 7.56. The molecule has 0 aromatic rings. The van der Waals surface area contributed by atoms with E-state index in [1.165, 1.54) is 19.3 Å². The Kier molecular flexibility index (Phi) is 2.72. The first kappa shape index (κ1) is 8.06. The van der Waals surface area contributed by atoms with Crippen LogP contribution in [0.2, 0.25) is 0 Å². The van der Waals surface area contributed by atoms with E-state index >= 15 is 0 Å². The summed E-state index contributed by atoms with van der Waals surface area (Å²) in [5, 5.41) is 8.98. The first-order chi connectivity index (χ1) is 4.75. The summed E-state index contributed by atoms with van der Waals surface area (Å²) < 4.78 is 0. The van der Waals surface area contributed by atoms with Gasteiger partial charge in [-0.05, 0) is 24.2 Å². The van der Waals surface area contributed by atoms with Gasteiger partial charge in [-0.15, -0.1) is 0 Å². The van der Waals surface area contributed by atoms with Crippen LogP contribution in [0, 0.1) is 17.8 Å². The molecule has 0 radical (unpaired) electrons. The van der Waals surface area contributed by atoms with Gasteiger partial charge in [0.2, 0.25) is 0 Å². The van der Waals surface area contributed by atoms with Crippen molar-refractivity contribution in [1.29, 1.82) is 0 Å². The highest BCUT2D eigenvalue weighted by atomic mass is 16.3. The standard InChI is InChI=1S/C9H18O/c1-7-4-3-5-9(6-10)8(7)2/h7-10H,3-6H2,1-2H3/t7-,8-,9-/m1/s1. The lowest BCUT2D eigenvalue weighted by Gasteiger charge is -2.32. The third-order valence-corrected chi connectivity index (χ3v) is 3.11. The van der Waals surface area contributed by atoms with Gasteiger partial charge in [0.15, 0.2) is 0 Å². The second kappa shape index (κ2) is 3.38. The molecule has 0 aliphatic heterocycles. The van der Waals surface area contributed by atoms with Crippen LogP contribution in [0.15, 0.2) is 0 Å². The fourth-order valence-corrected chi connectivity index (χ4v) is 1.95. The minimum absolute atomic E-state index is 0.394. The largest absolute Gasteiger partial charge is 0.396 e. The normalized spacial score (nSPS) is 41.7. The van der Waals surface area contributed by atoms with Gasteiger partial charge in [0.1, 0.15) is 0 Å². The molecule has 1 N–H and O–H groups in total. The molecule has 1 saturated carbocycles. The van der Waals surface area contributed by atoms with Gasteiger partial charge in [0.25, 0.3) is 0 Å². The Labute approximate surface area is 63.4 Å². The van der Waals surface area contributed by atoms with E-state index in [0.717, 1.165) is 11.8 Å². The predicted octanol–water partition coefficient (Wildman–Crippen LogP) is 2.05. The highest BCUT2D eigenvalue weighted by Gasteiger charge is 2.25. The molecule has 10 heavy (non-hydrogen) atoms. The van der Waals surface area contributed by atoms with E-state index in [1.807, 2.05) is 0 Å². The molecule has 3 atom stereocenters. The first-order valence-electron chi connectivity index (χ1n) is 4.36. The second-order valence-corrected chi connectivity index (χ2v) is 3.71. The lowest BCUT2D eigenvalue weighted by Crippen LogP contribution is -2.26. The molecule has 1 heteroatoms. The molecule has 1 aliphatic carbocycles. The Balaban J connectivity index is 2.42. The second-order valence-electron chi connectivity index (χ2n) is 3.71. The summed E-state index contributed by atoms with van der Waals surface area (Å²) in [4.78, 5) is 0. The van der Waals surface area contributed by atoms with Gasteiger partial charge in [-0.1, -0.05) is 26.7 Å². The highest BCUT2D eigenvalue weighted by Crippen LogP contribution is 2.33. The summed E-state index contributed by atoms with van der Waals surface area (Å²) in [6.45, 7) is 4.96. The summed E-state index contributed by atoms with van der Waals surface area (Å²) in [6.07, 6.45) is 3.91. The summed E-state index contributed by atoms with van der Waals surface area (Å²) in [6, 6.07) is 0. The highest BCUT2D eigenvalue weighted by molar-refractivity contribution is 4.76. The fourth-order valence-electron chi connectivity index (χ4n) is 1.95. The Morgan fingerprint density at radius 2 is 2.00 bits per heavy atom. The molecule has 1 aliphatic rings. The maximum atomic E-state index is 8.98. The molecule has 0 spiro atoms. The van der Waals surface area contributed by atoms with Gasteiger partial charge in [-0.25, -0.2) is 0 Å². The average Bonchev–Trinajstić information content (AvgIpc) is 1.95. The van der Waals surface area contributed by atoms with Crippen molar-refractivity contribution in [2.24, 2.45) is 17.8 Å². The number of hydrogen-bond donors (Lipinski definition) is 1. The Bertz CT molecular complexity index is 101. The first-order valence-corrected chi connectivity index (χ1v) is 4.36. The van der Waals surface area contributed by atoms with Gasteiger partial charge in [0, 0.05) is 6.61 Å². The van der Waals surface area contributed by atoms with Crippen LogP contribution in [0.3, 0.4) is 0 Å². The Hall–Kier alpha value is -0.0400. The summed E-state index contributed by atoms with van der Waals surface area (Å²) in [7, 11) is 0. The monoisotopic (exact) mass is 142 g/mol. The fraction of sp³-hybridized carbons (Fsp3) is 1.00. The van der Waals surface area contributed by atoms with Crippen molar-refractivity contribution in [3.8, 4) is 0 Å². The van der Waals surface area contributed by atoms with Crippen molar-refractivity contribution >= 4 is 0 Å². The molecule has 0 unspecified atom stereocenters. The molecular formula is C9H18O. The molecule has 0 amide bonds. The van der Waals surface area contributed by atoms with Gasteiger partial charge in [0.05, 0.1) is 0 Å². The molecule has 0 aromatic heterocycles. The van der Waals surface area contributed by atoms with Crippen molar-refractivity contribution in [2.75, 3.05) is 6.61 Å². The number of aliphatic hydroxyl groups is 1. The van der Waals surface area contributed by atoms with Crippen LogP contribution in [0.5, 0.6) is 0 Å². The van der Waals surface area contributed by atoms with E-state index < -0.39 is 0 Å². The lowest BCUT2D eigenvalue weighted by atomic mass is 9.74. The third kappa shape index (κ3) is 1.51. The number of hydrogen-bond acceptors (Lipinski definition) is 1. The van der Waals surface area contributed by atoms with E-state index in [1.54, 1.807) is 0 Å². The smallest absolute Gasteiger partial charge is 0.0461 e. The minimum atomic E-state index is 0.394. The SMILES string of the molecule is C[C@H]1[C@@H](CO)CCC[C@H]1C. The number of aliphatic hydroxyl groups excluding tert-OH is 1. The Morgan fingerprint density at radius 3 is 2.50 bits per heavy atom. The summed E-state index contributed by atoms with van der Waals surface area (Å²) in [5.41, 5.74) is 0. The quantitative estimate of drug-likeness (QED) is 0.594. The van der Waals surface area contributed by atoms with Crippen LogP contribution < -0.4 is 0 Å². The topological polar surface area (TPSA) is 20.2 Å². The van der Waals surface area contributed by atoms with Crippen molar-refractivity contribution < 1.29 is 5.11 Å². The van der Waals surface area contributed by atoms with E-state index in [2.05, 4.69) is 13.8 Å². The summed E-state index contributed by atoms with van der Waals surface area (Å²) in [5.74, 6) is 2.15. The van der Waals surface area contributed by atoms with Crippen LogP contribution in [-0.4, -0.2) is 11.7 Å². The molecule has 1 rings (SSSR count). The minimum Gasteiger partial charge on any atom is -0.396 e. The van der Waals surface area contributed by atoms with E-state index in [4.69, 9.17) is 5.11 Å². The van der Waals surface area contributed by atoms with Crippen LogP contribution in [0.4, 0.5) is 0 Å². The molecule has 60 valence electrons. The van der Waals surface area contributed by atoms with Crippen LogP contribution in [0.25, 0.3) is 0 Å². The Morgan fingerprint density at radius 1 is 1.30 bits per heavy atom. The van der Waals surface area contributed by atoms with Gasteiger partial charge < -0.3 is 5.11 Å². The van der Waals surface area contributed by atoms with Crippen LogP contribution >= 0.6 is 0 Å². The third-order valence-electron chi connectivity index (χ3n) is 3.11. The molecule has 1 nitrogen and oxygen atoms in total. The molecule has 0 aromatic carbocycles. The maximum absolute atomic E-state index is 8.98. The molecular weight excluding hydrogens is 124 g/mol. The van der Waals surface area contributed by atoms with E-state index in [0.29, 0.717) is 12.5 Å². The predicted molar refractivity (Wildman–Crippen MR) is 42.8 cm³/mol. The summed E-state index contributed by atoms with van der Waals surface area (Å²) >= 11 is 0. The average molecular weight is 142 g/mol. The van der Waals surface area contributed by atoms with E-state index in [9.17, 15) is 0 Å². The van der Waals surface area contributed by atoms with Crippen molar-refractivity contribution in [3.63, 3.8) is 0 Å². The number of rotatable bonds is 1. The molecule has 1 fully saturated rings.